The minimum absolute atomic E-state index is 0.166. The van der Waals surface area contributed by atoms with E-state index in [2.05, 4.69) is 16.2 Å². The van der Waals surface area contributed by atoms with Gasteiger partial charge in [-0.05, 0) is 13.8 Å². The standard InChI is InChI=1S/C8H19N3O3/c1-6(2)10-11-8(13)9-4-7(12)5-14-3/h6-7,10,12H,4-5H2,1-3H3,(H2,9,11,13). The Kier molecular flexibility index (Phi) is 7.09. The normalized spacial score (nSPS) is 12.6. The van der Waals surface area contributed by atoms with Gasteiger partial charge in [0.1, 0.15) is 0 Å². The molecule has 0 radical (unpaired) electrons. The van der Waals surface area contributed by atoms with E-state index in [0.29, 0.717) is 0 Å². The maximum Gasteiger partial charge on any atom is 0.329 e. The second-order valence-electron chi connectivity index (χ2n) is 3.24. The van der Waals surface area contributed by atoms with Gasteiger partial charge in [-0.1, -0.05) is 0 Å². The van der Waals surface area contributed by atoms with Crippen molar-refractivity contribution in [2.24, 2.45) is 0 Å². The number of carbonyl (C=O) groups is 1. The Bertz CT molecular complexity index is 164. The van der Waals surface area contributed by atoms with E-state index < -0.39 is 6.10 Å². The number of nitrogens with one attached hydrogen (secondary N) is 3. The van der Waals surface area contributed by atoms with Gasteiger partial charge in [-0.15, -0.1) is 0 Å². The first kappa shape index (κ1) is 13.2. The minimum atomic E-state index is -0.676. The minimum Gasteiger partial charge on any atom is -0.389 e. The van der Waals surface area contributed by atoms with E-state index in [9.17, 15) is 9.90 Å². The van der Waals surface area contributed by atoms with Crippen LogP contribution >= 0.6 is 0 Å². The molecular formula is C8H19N3O3. The average molecular weight is 205 g/mol. The second kappa shape index (κ2) is 7.54. The molecule has 1 unspecified atom stereocenters. The fourth-order valence-corrected chi connectivity index (χ4v) is 0.716. The van der Waals surface area contributed by atoms with Crippen LogP contribution in [0.5, 0.6) is 0 Å². The van der Waals surface area contributed by atoms with Crippen molar-refractivity contribution < 1.29 is 14.6 Å². The number of amides is 2. The van der Waals surface area contributed by atoms with Gasteiger partial charge in [0.05, 0.1) is 12.7 Å². The molecule has 0 fully saturated rings. The largest absolute Gasteiger partial charge is 0.389 e. The van der Waals surface area contributed by atoms with Crippen LogP contribution in [0.3, 0.4) is 0 Å². The first-order valence-corrected chi connectivity index (χ1v) is 4.52. The van der Waals surface area contributed by atoms with Gasteiger partial charge < -0.3 is 15.2 Å². The summed E-state index contributed by atoms with van der Waals surface area (Å²) in [5, 5.41) is 11.7. The molecule has 0 aromatic rings. The van der Waals surface area contributed by atoms with Crippen molar-refractivity contribution in [3.05, 3.63) is 0 Å². The third-order valence-electron chi connectivity index (χ3n) is 1.33. The summed E-state index contributed by atoms with van der Waals surface area (Å²) in [4.78, 5) is 11.0. The first-order chi connectivity index (χ1) is 6.56. The van der Waals surface area contributed by atoms with Crippen LogP contribution < -0.4 is 16.2 Å². The SMILES string of the molecule is COCC(O)CNC(=O)NNC(C)C. The summed E-state index contributed by atoms with van der Waals surface area (Å²) in [7, 11) is 1.49. The van der Waals surface area contributed by atoms with Crippen LogP contribution in [-0.4, -0.2) is 43.5 Å². The molecule has 0 aliphatic carbocycles. The van der Waals surface area contributed by atoms with Crippen LogP contribution in [0.2, 0.25) is 0 Å². The van der Waals surface area contributed by atoms with Crippen LogP contribution in [0.1, 0.15) is 13.8 Å². The Morgan fingerprint density at radius 3 is 2.64 bits per heavy atom. The van der Waals surface area contributed by atoms with E-state index in [1.54, 1.807) is 0 Å². The third-order valence-corrected chi connectivity index (χ3v) is 1.33. The number of aliphatic hydroxyl groups is 1. The number of rotatable bonds is 6. The lowest BCUT2D eigenvalue weighted by molar-refractivity contribution is 0.0658. The van der Waals surface area contributed by atoms with Crippen molar-refractivity contribution in [2.75, 3.05) is 20.3 Å². The summed E-state index contributed by atoms with van der Waals surface area (Å²) < 4.78 is 4.70. The summed E-state index contributed by atoms with van der Waals surface area (Å²) in [6.45, 7) is 4.18. The smallest absolute Gasteiger partial charge is 0.329 e. The molecule has 0 aliphatic heterocycles. The number of aliphatic hydroxyl groups excluding tert-OH is 1. The zero-order chi connectivity index (χ0) is 11.0. The monoisotopic (exact) mass is 205 g/mol. The van der Waals surface area contributed by atoms with E-state index in [-0.39, 0.29) is 25.2 Å². The number of carbonyl (C=O) groups excluding carboxylic acids is 1. The van der Waals surface area contributed by atoms with E-state index in [1.165, 1.54) is 7.11 Å². The molecule has 0 saturated heterocycles. The first-order valence-electron chi connectivity index (χ1n) is 4.52. The average Bonchev–Trinajstić information content (AvgIpc) is 2.12. The summed E-state index contributed by atoms with van der Waals surface area (Å²) in [6.07, 6.45) is -0.676. The van der Waals surface area contributed by atoms with E-state index in [1.807, 2.05) is 13.8 Å². The highest BCUT2D eigenvalue weighted by Gasteiger charge is 2.05. The van der Waals surface area contributed by atoms with Crippen LogP contribution in [-0.2, 0) is 4.74 Å². The second-order valence-corrected chi connectivity index (χ2v) is 3.24. The van der Waals surface area contributed by atoms with Crippen LogP contribution in [0.25, 0.3) is 0 Å². The van der Waals surface area contributed by atoms with Gasteiger partial charge in [0, 0.05) is 19.7 Å². The van der Waals surface area contributed by atoms with Crippen molar-refractivity contribution in [2.45, 2.75) is 26.0 Å². The number of hydrogen-bond donors (Lipinski definition) is 4. The molecule has 0 spiro atoms. The molecule has 0 heterocycles. The van der Waals surface area contributed by atoms with Crippen molar-refractivity contribution in [1.29, 1.82) is 0 Å². The zero-order valence-corrected chi connectivity index (χ0v) is 8.83. The Morgan fingerprint density at radius 2 is 2.14 bits per heavy atom. The molecule has 0 aliphatic rings. The van der Waals surface area contributed by atoms with E-state index >= 15 is 0 Å². The van der Waals surface area contributed by atoms with Crippen molar-refractivity contribution in [1.82, 2.24) is 16.2 Å². The maximum absolute atomic E-state index is 11.0. The molecule has 4 N–H and O–H groups in total. The predicted octanol–water partition coefficient (Wildman–Crippen LogP) is -0.794. The summed E-state index contributed by atoms with van der Waals surface area (Å²) in [6, 6.07) is -0.196. The molecule has 14 heavy (non-hydrogen) atoms. The topological polar surface area (TPSA) is 82.6 Å². The predicted molar refractivity (Wildman–Crippen MR) is 52.7 cm³/mol. The molecule has 0 rings (SSSR count). The number of hydrazine groups is 1. The molecule has 2 amide bonds. The fraction of sp³-hybridized carbons (Fsp3) is 0.875. The van der Waals surface area contributed by atoms with Crippen molar-refractivity contribution in [3.63, 3.8) is 0 Å². The van der Waals surface area contributed by atoms with Gasteiger partial charge in [0.25, 0.3) is 0 Å². The molecule has 84 valence electrons. The highest BCUT2D eigenvalue weighted by Crippen LogP contribution is 1.80. The summed E-state index contributed by atoms with van der Waals surface area (Å²) in [5.41, 5.74) is 5.15. The highest BCUT2D eigenvalue weighted by molar-refractivity contribution is 5.73. The van der Waals surface area contributed by atoms with Crippen molar-refractivity contribution in [3.8, 4) is 0 Å². The highest BCUT2D eigenvalue weighted by atomic mass is 16.5. The number of ether oxygens (including phenoxy) is 1. The molecule has 0 bridgehead atoms. The van der Waals surface area contributed by atoms with Crippen molar-refractivity contribution >= 4 is 6.03 Å². The maximum atomic E-state index is 11.0. The van der Waals surface area contributed by atoms with Crippen LogP contribution in [0.4, 0.5) is 4.79 Å². The quantitative estimate of drug-likeness (QED) is 0.428. The molecule has 0 saturated carbocycles. The Balaban J connectivity index is 3.43. The lowest BCUT2D eigenvalue weighted by Crippen LogP contribution is -2.48. The van der Waals surface area contributed by atoms with Gasteiger partial charge >= 0.3 is 6.03 Å². The molecule has 0 aromatic heterocycles. The lowest BCUT2D eigenvalue weighted by atomic mass is 10.4. The van der Waals surface area contributed by atoms with Gasteiger partial charge in [-0.2, -0.15) is 0 Å². The Hall–Kier alpha value is -0.850. The van der Waals surface area contributed by atoms with Gasteiger partial charge in [-0.3, -0.25) is 5.43 Å². The van der Waals surface area contributed by atoms with E-state index in [0.717, 1.165) is 0 Å². The molecule has 1 atom stereocenters. The molecule has 6 nitrogen and oxygen atoms in total. The zero-order valence-electron chi connectivity index (χ0n) is 8.83. The number of methoxy groups -OCH3 is 1. The lowest BCUT2D eigenvalue weighted by Gasteiger charge is -2.13. The molecular weight excluding hydrogens is 186 g/mol. The van der Waals surface area contributed by atoms with E-state index in [4.69, 9.17) is 4.74 Å². The van der Waals surface area contributed by atoms with Crippen LogP contribution in [0.15, 0.2) is 0 Å². The number of urea groups is 1. The third kappa shape index (κ3) is 7.78. The van der Waals surface area contributed by atoms with Crippen LogP contribution in [0, 0.1) is 0 Å². The fourth-order valence-electron chi connectivity index (χ4n) is 0.716. The van der Waals surface area contributed by atoms with Gasteiger partial charge in [-0.25, -0.2) is 10.2 Å². The summed E-state index contributed by atoms with van der Waals surface area (Å²) in [5.74, 6) is 0. The van der Waals surface area contributed by atoms with Gasteiger partial charge in [0.15, 0.2) is 0 Å². The molecule has 0 aromatic carbocycles. The summed E-state index contributed by atoms with van der Waals surface area (Å²) >= 11 is 0. The molecule has 6 heteroatoms. The van der Waals surface area contributed by atoms with Gasteiger partial charge in [0.2, 0.25) is 0 Å². The number of hydrogen-bond acceptors (Lipinski definition) is 4. The Labute approximate surface area is 84.0 Å². The Morgan fingerprint density at radius 1 is 1.50 bits per heavy atom.